The van der Waals surface area contributed by atoms with Crippen molar-refractivity contribution in [2.24, 2.45) is 5.92 Å². The molecule has 0 radical (unpaired) electrons. The Balaban J connectivity index is 3.39. The summed E-state index contributed by atoms with van der Waals surface area (Å²) in [5.41, 5.74) is 0. The van der Waals surface area contributed by atoms with E-state index in [9.17, 15) is 0 Å². The Morgan fingerprint density at radius 3 is 1.62 bits per heavy atom. The molecule has 0 rings (SSSR count). The van der Waals surface area contributed by atoms with E-state index in [1.165, 1.54) is 6.04 Å². The Bertz CT molecular complexity index is 66.2. The molecule has 0 aliphatic heterocycles. The summed E-state index contributed by atoms with van der Waals surface area (Å²) in [6.07, 6.45) is 0. The normalized spacial score (nSPS) is 12.8. The summed E-state index contributed by atoms with van der Waals surface area (Å²) in [6, 6.07) is 1.22. The van der Waals surface area contributed by atoms with Crippen LogP contribution < -0.4 is 0 Å². The number of hydrogen-bond acceptors (Lipinski definition) is 0. The van der Waals surface area contributed by atoms with Crippen LogP contribution in [0.2, 0.25) is 6.04 Å². The second-order valence-corrected chi connectivity index (χ2v) is 25.6. The second-order valence-electron chi connectivity index (χ2n) is 2.21. The molecule has 0 fully saturated rings. The molecule has 50 valence electrons. The van der Waals surface area contributed by atoms with Crippen LogP contribution in [-0.4, -0.2) is 3.93 Å². The van der Waals surface area contributed by atoms with E-state index in [0.717, 1.165) is 5.92 Å². The van der Waals surface area contributed by atoms with Gasteiger partial charge in [0.15, 0.2) is 0 Å². The molecule has 0 nitrogen and oxygen atoms in total. The average Bonchev–Trinajstić information content (AvgIpc) is 1.21. The van der Waals surface area contributed by atoms with Crippen molar-refractivity contribution in [2.75, 3.05) is 0 Å². The molecule has 0 spiro atoms. The highest BCUT2D eigenvalue weighted by molar-refractivity contribution is 9.72. The lowest BCUT2D eigenvalue weighted by Gasteiger charge is -2.10. The van der Waals surface area contributed by atoms with Gasteiger partial charge in [0.25, 0.3) is 3.93 Å². The highest BCUT2D eigenvalue weighted by Gasteiger charge is 2.22. The first kappa shape index (κ1) is 9.66. The van der Waals surface area contributed by atoms with Gasteiger partial charge in [0, 0.05) is 0 Å². The molecule has 0 amide bonds. The molecule has 0 aromatic heterocycles. The Hall–Kier alpha value is 1.66. The van der Waals surface area contributed by atoms with E-state index in [1.54, 1.807) is 0 Å². The van der Waals surface area contributed by atoms with Gasteiger partial charge in [0.2, 0.25) is 0 Å². The van der Waals surface area contributed by atoms with Crippen molar-refractivity contribution in [3.05, 3.63) is 0 Å². The van der Waals surface area contributed by atoms with Crippen LogP contribution in [0, 0.1) is 5.92 Å². The second kappa shape index (κ2) is 3.74. The lowest BCUT2D eigenvalue weighted by Crippen LogP contribution is -2.09. The summed E-state index contributed by atoms with van der Waals surface area (Å²) in [4.78, 5) is 0. The van der Waals surface area contributed by atoms with E-state index in [2.05, 4.69) is 59.7 Å². The third-order valence-corrected chi connectivity index (χ3v) is 4.83. The molecule has 0 saturated carbocycles. The monoisotopic (exact) mass is 322 g/mol. The Labute approximate surface area is 75.2 Å². The van der Waals surface area contributed by atoms with Gasteiger partial charge in [0.1, 0.15) is 0 Å². The lowest BCUT2D eigenvalue weighted by atomic mass is 10.3. The topological polar surface area (TPSA) is 0 Å². The van der Waals surface area contributed by atoms with Gasteiger partial charge in [-0.15, -0.1) is 0 Å². The molecule has 0 heterocycles. The maximum absolute atomic E-state index is 3.55. The number of halogens is 3. The molecule has 4 heteroatoms. The molecule has 0 aliphatic rings. The summed E-state index contributed by atoms with van der Waals surface area (Å²) in [5.74, 6) is 0.764. The van der Waals surface area contributed by atoms with Crippen molar-refractivity contribution in [3.63, 3.8) is 0 Å². The van der Waals surface area contributed by atoms with Crippen molar-refractivity contribution in [1.29, 1.82) is 0 Å². The fraction of sp³-hybridized carbons (Fsp3) is 1.00. The minimum atomic E-state index is -1.28. The van der Waals surface area contributed by atoms with E-state index in [0.29, 0.717) is 0 Å². The Morgan fingerprint density at radius 1 is 1.25 bits per heavy atom. The third kappa shape index (κ3) is 7.66. The first-order chi connectivity index (χ1) is 3.42. The van der Waals surface area contributed by atoms with Crippen LogP contribution in [0.25, 0.3) is 0 Å². The van der Waals surface area contributed by atoms with Crippen LogP contribution in [0.4, 0.5) is 0 Å². The number of hydrogen-bond donors (Lipinski definition) is 0. The van der Waals surface area contributed by atoms with Crippen LogP contribution >= 0.6 is 45.9 Å². The quantitative estimate of drug-likeness (QED) is 0.536. The zero-order valence-electron chi connectivity index (χ0n) is 4.92. The Morgan fingerprint density at radius 2 is 1.62 bits per heavy atom. The van der Waals surface area contributed by atoms with Gasteiger partial charge in [-0.3, -0.25) is 0 Å². The van der Waals surface area contributed by atoms with E-state index >= 15 is 0 Å². The summed E-state index contributed by atoms with van der Waals surface area (Å²) in [6.45, 7) is 4.43. The van der Waals surface area contributed by atoms with Crippen LogP contribution in [-0.2, 0) is 0 Å². The van der Waals surface area contributed by atoms with Crippen LogP contribution in [0.3, 0.4) is 0 Å². The van der Waals surface area contributed by atoms with E-state index in [4.69, 9.17) is 0 Å². The fourth-order valence-electron chi connectivity index (χ4n) is 0.463. The van der Waals surface area contributed by atoms with Gasteiger partial charge in [0.05, 0.1) is 0 Å². The van der Waals surface area contributed by atoms with Crippen molar-refractivity contribution in [2.45, 2.75) is 19.9 Å². The molecule has 0 N–H and O–H groups in total. The number of rotatable bonds is 2. The molecule has 0 bridgehead atoms. The SMILES string of the molecule is CC(C)C[Si](Br)(Br)Br. The van der Waals surface area contributed by atoms with Crippen molar-refractivity contribution >= 4 is 49.8 Å². The van der Waals surface area contributed by atoms with Crippen LogP contribution in [0.1, 0.15) is 13.8 Å². The predicted octanol–water partition coefficient (Wildman–Crippen LogP) is 3.77. The molecule has 0 aliphatic carbocycles. The average molecular weight is 325 g/mol. The van der Waals surface area contributed by atoms with Crippen molar-refractivity contribution in [1.82, 2.24) is 0 Å². The molecule has 0 atom stereocenters. The van der Waals surface area contributed by atoms with Gasteiger partial charge in [-0.05, 0) is 12.0 Å². The zero-order valence-corrected chi connectivity index (χ0v) is 10.7. The van der Waals surface area contributed by atoms with E-state index < -0.39 is 3.93 Å². The molecular formula is C4H9Br3Si. The minimum absolute atomic E-state index is 0.764. The van der Waals surface area contributed by atoms with Gasteiger partial charge < -0.3 is 0 Å². The van der Waals surface area contributed by atoms with E-state index in [-0.39, 0.29) is 0 Å². The molecular weight excluding hydrogens is 316 g/mol. The largest absolute Gasteiger partial charge is 0.267 e. The zero-order chi connectivity index (χ0) is 6.78. The molecule has 0 saturated heterocycles. The Kier molecular flexibility index (Phi) is 4.51. The van der Waals surface area contributed by atoms with Crippen molar-refractivity contribution in [3.8, 4) is 0 Å². The summed E-state index contributed by atoms with van der Waals surface area (Å²) >= 11 is 10.7. The summed E-state index contributed by atoms with van der Waals surface area (Å²) < 4.78 is -1.28. The standard InChI is InChI=1S/C4H9Br3Si/c1-4(2)3-8(5,6)7/h4H,3H2,1-2H3. The first-order valence-corrected chi connectivity index (χ1v) is 11.5. The first-order valence-electron chi connectivity index (χ1n) is 2.48. The smallest absolute Gasteiger partial charge is 0.0964 e. The maximum atomic E-state index is 3.55. The fourth-order valence-corrected chi connectivity index (χ4v) is 7.22. The summed E-state index contributed by atoms with van der Waals surface area (Å²) in [7, 11) is 0. The van der Waals surface area contributed by atoms with Gasteiger partial charge >= 0.3 is 0 Å². The van der Waals surface area contributed by atoms with Gasteiger partial charge in [-0.2, -0.15) is 0 Å². The predicted molar refractivity (Wildman–Crippen MR) is 52.2 cm³/mol. The van der Waals surface area contributed by atoms with Crippen molar-refractivity contribution < 1.29 is 0 Å². The molecule has 0 unspecified atom stereocenters. The maximum Gasteiger partial charge on any atom is 0.267 e. The van der Waals surface area contributed by atoms with Crippen LogP contribution in [0.5, 0.6) is 0 Å². The minimum Gasteiger partial charge on any atom is -0.0964 e. The van der Waals surface area contributed by atoms with Gasteiger partial charge in [-0.1, -0.05) is 59.7 Å². The highest BCUT2D eigenvalue weighted by Crippen LogP contribution is 2.34. The molecule has 0 aromatic carbocycles. The molecule has 0 aromatic rings. The van der Waals surface area contributed by atoms with Gasteiger partial charge in [-0.25, -0.2) is 0 Å². The van der Waals surface area contributed by atoms with Crippen LogP contribution in [0.15, 0.2) is 0 Å². The summed E-state index contributed by atoms with van der Waals surface area (Å²) in [5, 5.41) is 0. The highest BCUT2D eigenvalue weighted by atomic mass is 80.0. The lowest BCUT2D eigenvalue weighted by molar-refractivity contribution is 0.733. The molecule has 8 heavy (non-hydrogen) atoms. The van der Waals surface area contributed by atoms with E-state index in [1.807, 2.05) is 0 Å². The third-order valence-electron chi connectivity index (χ3n) is 0.640.